The van der Waals surface area contributed by atoms with Gasteiger partial charge in [0.25, 0.3) is 0 Å². The molecule has 1 aliphatic carbocycles. The lowest BCUT2D eigenvalue weighted by Gasteiger charge is -2.44. The fourth-order valence-electron chi connectivity index (χ4n) is 3.44. The van der Waals surface area contributed by atoms with Crippen molar-refractivity contribution in [2.75, 3.05) is 7.11 Å². The molecule has 0 bridgehead atoms. The van der Waals surface area contributed by atoms with Crippen LogP contribution in [0.1, 0.15) is 66.2 Å². The number of methoxy groups -OCH3 is 1. The van der Waals surface area contributed by atoms with Gasteiger partial charge in [0.05, 0.1) is 18.6 Å². The fraction of sp³-hybridized carbons (Fsp3) is 0.938. The summed E-state index contributed by atoms with van der Waals surface area (Å²) in [4.78, 5) is 11.8. The molecule has 1 rings (SSSR count). The van der Waals surface area contributed by atoms with Crippen LogP contribution in [-0.2, 0) is 9.53 Å². The predicted molar refractivity (Wildman–Crippen MR) is 76.8 cm³/mol. The van der Waals surface area contributed by atoms with Crippen molar-refractivity contribution >= 4 is 5.97 Å². The van der Waals surface area contributed by atoms with Gasteiger partial charge in [-0.15, -0.1) is 0 Å². The van der Waals surface area contributed by atoms with Gasteiger partial charge in [-0.25, -0.2) is 0 Å². The van der Waals surface area contributed by atoms with E-state index in [1.807, 2.05) is 6.92 Å². The van der Waals surface area contributed by atoms with Gasteiger partial charge in [-0.2, -0.15) is 0 Å². The second kappa shape index (κ2) is 6.25. The molecule has 19 heavy (non-hydrogen) atoms. The van der Waals surface area contributed by atoms with E-state index >= 15 is 0 Å². The fourth-order valence-corrected chi connectivity index (χ4v) is 3.44. The Bertz CT molecular complexity index is 301. The third-order valence-electron chi connectivity index (χ3n) is 5.41. The molecule has 1 fully saturated rings. The van der Waals surface area contributed by atoms with Crippen LogP contribution in [0.4, 0.5) is 0 Å². The average molecular weight is 270 g/mol. The highest BCUT2D eigenvalue weighted by Gasteiger charge is 2.45. The summed E-state index contributed by atoms with van der Waals surface area (Å²) in [5.74, 6) is 0.00863. The number of hydrogen-bond donors (Lipinski definition) is 1. The SMILES string of the molecule is CCC(C(=O)OC)C1(O)CCC(C(C)(C)CC)CC1. The molecule has 0 spiro atoms. The third-order valence-corrected chi connectivity index (χ3v) is 5.41. The number of carbonyl (C=O) groups excluding carboxylic acids is 1. The number of carbonyl (C=O) groups is 1. The van der Waals surface area contributed by atoms with Gasteiger partial charge >= 0.3 is 5.97 Å². The molecule has 3 nitrogen and oxygen atoms in total. The van der Waals surface area contributed by atoms with Crippen molar-refractivity contribution in [2.45, 2.75) is 71.8 Å². The zero-order valence-corrected chi connectivity index (χ0v) is 13.2. The molecule has 0 aromatic heterocycles. The number of ether oxygens (including phenoxy) is 1. The molecular weight excluding hydrogens is 240 g/mol. The highest BCUT2D eigenvalue weighted by atomic mass is 16.5. The van der Waals surface area contributed by atoms with Crippen LogP contribution >= 0.6 is 0 Å². The summed E-state index contributed by atoms with van der Waals surface area (Å²) < 4.78 is 4.84. The van der Waals surface area contributed by atoms with Crippen LogP contribution in [0.5, 0.6) is 0 Å². The number of hydrogen-bond acceptors (Lipinski definition) is 3. The average Bonchev–Trinajstić information content (AvgIpc) is 2.39. The van der Waals surface area contributed by atoms with Gasteiger partial charge < -0.3 is 9.84 Å². The molecule has 112 valence electrons. The summed E-state index contributed by atoms with van der Waals surface area (Å²) in [6.45, 7) is 8.78. The molecule has 3 heteroatoms. The van der Waals surface area contributed by atoms with E-state index < -0.39 is 5.60 Å². The number of rotatable bonds is 5. The highest BCUT2D eigenvalue weighted by Crippen LogP contribution is 2.46. The molecule has 0 amide bonds. The topological polar surface area (TPSA) is 46.5 Å². The summed E-state index contributed by atoms with van der Waals surface area (Å²) in [6, 6.07) is 0. The maximum atomic E-state index is 11.8. The van der Waals surface area contributed by atoms with Crippen molar-refractivity contribution in [3.63, 3.8) is 0 Å². The Hall–Kier alpha value is -0.570. The van der Waals surface area contributed by atoms with Gasteiger partial charge in [-0.1, -0.05) is 34.1 Å². The first-order chi connectivity index (χ1) is 8.80. The molecule has 0 aliphatic heterocycles. The molecule has 0 saturated heterocycles. The lowest BCUT2D eigenvalue weighted by molar-refractivity contribution is -0.160. The van der Waals surface area contributed by atoms with Crippen molar-refractivity contribution < 1.29 is 14.6 Å². The summed E-state index contributed by atoms with van der Waals surface area (Å²) in [6.07, 6.45) is 5.24. The van der Waals surface area contributed by atoms with Gasteiger partial charge in [-0.3, -0.25) is 4.79 Å². The van der Waals surface area contributed by atoms with Crippen molar-refractivity contribution in [3.8, 4) is 0 Å². The molecule has 0 aromatic carbocycles. The van der Waals surface area contributed by atoms with Crippen LogP contribution in [0, 0.1) is 17.3 Å². The number of esters is 1. The molecule has 1 saturated carbocycles. The van der Waals surface area contributed by atoms with Crippen LogP contribution < -0.4 is 0 Å². The van der Waals surface area contributed by atoms with Crippen molar-refractivity contribution in [3.05, 3.63) is 0 Å². The monoisotopic (exact) mass is 270 g/mol. The largest absolute Gasteiger partial charge is 0.469 e. The predicted octanol–water partition coefficient (Wildman–Crippen LogP) is 3.54. The Morgan fingerprint density at radius 2 is 1.89 bits per heavy atom. The first-order valence-electron chi connectivity index (χ1n) is 7.61. The van der Waals surface area contributed by atoms with Crippen molar-refractivity contribution in [2.24, 2.45) is 17.3 Å². The van der Waals surface area contributed by atoms with Crippen LogP contribution in [-0.4, -0.2) is 23.8 Å². The maximum absolute atomic E-state index is 11.8. The molecule has 0 aromatic rings. The summed E-state index contributed by atoms with van der Waals surface area (Å²) in [5, 5.41) is 10.8. The van der Waals surface area contributed by atoms with Crippen molar-refractivity contribution in [1.29, 1.82) is 0 Å². The molecular formula is C16H30O3. The van der Waals surface area contributed by atoms with E-state index in [1.54, 1.807) is 0 Å². The van der Waals surface area contributed by atoms with Gasteiger partial charge in [-0.05, 0) is 43.4 Å². The van der Waals surface area contributed by atoms with Crippen LogP contribution in [0.2, 0.25) is 0 Å². The molecule has 1 atom stereocenters. The maximum Gasteiger partial charge on any atom is 0.311 e. The zero-order valence-electron chi connectivity index (χ0n) is 13.2. The Morgan fingerprint density at radius 1 is 1.37 bits per heavy atom. The van der Waals surface area contributed by atoms with Crippen LogP contribution in [0.3, 0.4) is 0 Å². The first kappa shape index (κ1) is 16.5. The number of aliphatic hydroxyl groups is 1. The van der Waals surface area contributed by atoms with Crippen molar-refractivity contribution in [1.82, 2.24) is 0 Å². The van der Waals surface area contributed by atoms with Gasteiger partial charge in [0, 0.05) is 0 Å². The standard InChI is InChI=1S/C16H30O3/c1-6-13(14(17)19-5)16(18)10-8-12(9-11-16)15(3,4)7-2/h12-13,18H,6-11H2,1-5H3. The summed E-state index contributed by atoms with van der Waals surface area (Å²) in [7, 11) is 1.40. The highest BCUT2D eigenvalue weighted by molar-refractivity contribution is 5.73. The van der Waals surface area contributed by atoms with Gasteiger partial charge in [0.2, 0.25) is 0 Å². The Morgan fingerprint density at radius 3 is 2.26 bits per heavy atom. The van der Waals surface area contributed by atoms with E-state index in [9.17, 15) is 9.90 Å². The smallest absolute Gasteiger partial charge is 0.311 e. The van der Waals surface area contributed by atoms with E-state index in [-0.39, 0.29) is 11.9 Å². The molecule has 0 heterocycles. The first-order valence-corrected chi connectivity index (χ1v) is 7.61. The molecule has 1 unspecified atom stereocenters. The second-order valence-corrected chi connectivity index (χ2v) is 6.70. The Balaban J connectivity index is 2.72. The van der Waals surface area contributed by atoms with E-state index in [2.05, 4.69) is 20.8 Å². The quantitative estimate of drug-likeness (QED) is 0.777. The zero-order chi connectivity index (χ0) is 14.7. The Kier molecular flexibility index (Phi) is 5.43. The molecule has 1 aliphatic rings. The minimum absolute atomic E-state index is 0.266. The Labute approximate surface area is 117 Å². The van der Waals surface area contributed by atoms with Gasteiger partial charge in [0.1, 0.15) is 0 Å². The van der Waals surface area contributed by atoms with E-state index in [0.717, 1.165) is 19.3 Å². The third kappa shape index (κ3) is 3.50. The molecule has 0 radical (unpaired) electrons. The summed E-state index contributed by atoms with van der Waals surface area (Å²) in [5.41, 5.74) is -0.531. The molecule has 1 N–H and O–H groups in total. The van der Waals surface area contributed by atoms with Crippen LogP contribution in [0.25, 0.3) is 0 Å². The minimum atomic E-state index is -0.859. The van der Waals surface area contributed by atoms with E-state index in [0.29, 0.717) is 30.6 Å². The van der Waals surface area contributed by atoms with E-state index in [1.165, 1.54) is 7.11 Å². The second-order valence-electron chi connectivity index (χ2n) is 6.70. The summed E-state index contributed by atoms with van der Waals surface area (Å²) >= 11 is 0. The van der Waals surface area contributed by atoms with Crippen LogP contribution in [0.15, 0.2) is 0 Å². The normalized spacial score (nSPS) is 29.9. The van der Waals surface area contributed by atoms with Gasteiger partial charge in [0.15, 0.2) is 0 Å². The minimum Gasteiger partial charge on any atom is -0.469 e. The lowest BCUT2D eigenvalue weighted by atomic mass is 9.63. The lowest BCUT2D eigenvalue weighted by Crippen LogP contribution is -2.46. The van der Waals surface area contributed by atoms with E-state index in [4.69, 9.17) is 4.74 Å².